The predicted octanol–water partition coefficient (Wildman–Crippen LogP) is 5.41. The maximum atomic E-state index is 15.0. The summed E-state index contributed by atoms with van der Waals surface area (Å²) in [6, 6.07) is 11.6. The van der Waals surface area contributed by atoms with E-state index in [2.05, 4.69) is 10.2 Å². The highest BCUT2D eigenvalue weighted by Crippen LogP contribution is 2.41. The maximum Gasteiger partial charge on any atom is 0.309 e. The van der Waals surface area contributed by atoms with Crippen LogP contribution >= 0.6 is 11.3 Å². The highest BCUT2D eigenvalue weighted by Gasteiger charge is 2.34. The molecule has 174 valence electrons. The number of halogens is 1. The summed E-state index contributed by atoms with van der Waals surface area (Å²) in [6.45, 7) is 5.36. The van der Waals surface area contributed by atoms with Crippen molar-refractivity contribution in [1.29, 1.82) is 0 Å². The highest BCUT2D eigenvalue weighted by atomic mass is 32.1. The van der Waals surface area contributed by atoms with Crippen LogP contribution in [-0.4, -0.2) is 36.5 Å². The van der Waals surface area contributed by atoms with Gasteiger partial charge in [0.2, 0.25) is 0 Å². The van der Waals surface area contributed by atoms with Crippen LogP contribution in [0.3, 0.4) is 0 Å². The van der Waals surface area contributed by atoms with Crippen LogP contribution < -0.4 is 5.32 Å². The number of furan rings is 1. The van der Waals surface area contributed by atoms with E-state index in [1.54, 1.807) is 31.2 Å². The summed E-state index contributed by atoms with van der Waals surface area (Å²) in [4.78, 5) is 28.1. The number of nitrogens with zero attached hydrogens (tertiary/aromatic N) is 1. The zero-order valence-electron chi connectivity index (χ0n) is 18.7. The van der Waals surface area contributed by atoms with Crippen molar-refractivity contribution < 1.29 is 23.1 Å². The summed E-state index contributed by atoms with van der Waals surface area (Å²) < 4.78 is 25.4. The minimum atomic E-state index is -0.397. The van der Waals surface area contributed by atoms with Gasteiger partial charge in [0.15, 0.2) is 5.76 Å². The van der Waals surface area contributed by atoms with Crippen LogP contribution in [-0.2, 0) is 9.53 Å². The van der Waals surface area contributed by atoms with Gasteiger partial charge in [-0.3, -0.25) is 14.5 Å². The number of hydrogen-bond donors (Lipinski definition) is 1. The van der Waals surface area contributed by atoms with Gasteiger partial charge in [-0.2, -0.15) is 0 Å². The van der Waals surface area contributed by atoms with Crippen LogP contribution in [0.2, 0.25) is 0 Å². The highest BCUT2D eigenvalue weighted by molar-refractivity contribution is 7.16. The third kappa shape index (κ3) is 5.17. The first-order chi connectivity index (χ1) is 16.0. The number of aryl methyl sites for hydroxylation is 1. The van der Waals surface area contributed by atoms with Gasteiger partial charge in [0.05, 0.1) is 24.8 Å². The Morgan fingerprint density at radius 3 is 2.64 bits per heavy atom. The summed E-state index contributed by atoms with van der Waals surface area (Å²) >= 11 is 1.45. The van der Waals surface area contributed by atoms with Crippen LogP contribution in [0.1, 0.15) is 52.4 Å². The standard InChI is InChI=1S/C25H27FN2O4S/c1-3-31-25(30)17-10-12-28(13-11-17)22(18-7-4-5-8-20(18)26)19-15-16(2)33-24(19)27-23(29)21-9-6-14-32-21/h4-9,14-15,17,22H,3,10-13H2,1-2H3,(H,27,29)/t22-/m0/s1. The smallest absolute Gasteiger partial charge is 0.309 e. The first-order valence-corrected chi connectivity index (χ1v) is 11.9. The average molecular weight is 471 g/mol. The number of anilines is 1. The van der Waals surface area contributed by atoms with Gasteiger partial charge >= 0.3 is 5.97 Å². The first kappa shape index (κ1) is 23.2. The molecule has 1 aromatic carbocycles. The van der Waals surface area contributed by atoms with E-state index in [9.17, 15) is 9.59 Å². The van der Waals surface area contributed by atoms with Crippen molar-refractivity contribution in [1.82, 2.24) is 4.90 Å². The summed E-state index contributed by atoms with van der Waals surface area (Å²) in [6.07, 6.45) is 2.73. The summed E-state index contributed by atoms with van der Waals surface area (Å²) in [5, 5.41) is 3.61. The first-order valence-electron chi connectivity index (χ1n) is 11.1. The second-order valence-corrected chi connectivity index (χ2v) is 9.32. The molecule has 0 bridgehead atoms. The fourth-order valence-corrected chi connectivity index (χ4v) is 5.26. The molecule has 6 nitrogen and oxygen atoms in total. The molecule has 8 heteroatoms. The Morgan fingerprint density at radius 2 is 1.97 bits per heavy atom. The van der Waals surface area contributed by atoms with Crippen LogP contribution in [0.15, 0.2) is 53.1 Å². The van der Waals surface area contributed by atoms with E-state index < -0.39 is 6.04 Å². The van der Waals surface area contributed by atoms with Crippen molar-refractivity contribution in [2.75, 3.05) is 25.0 Å². The van der Waals surface area contributed by atoms with Gasteiger partial charge in [0.1, 0.15) is 10.8 Å². The number of thiophene rings is 1. The second-order valence-electron chi connectivity index (χ2n) is 8.06. The zero-order valence-corrected chi connectivity index (χ0v) is 19.5. The van der Waals surface area contributed by atoms with Crippen LogP contribution in [0.5, 0.6) is 0 Å². The fourth-order valence-electron chi connectivity index (χ4n) is 4.32. The number of hydrogen-bond acceptors (Lipinski definition) is 6. The number of piperidine rings is 1. The molecular formula is C25H27FN2O4S. The van der Waals surface area contributed by atoms with Crippen molar-refractivity contribution in [3.63, 3.8) is 0 Å². The third-order valence-electron chi connectivity index (χ3n) is 5.87. The third-order valence-corrected chi connectivity index (χ3v) is 6.85. The van der Waals surface area contributed by atoms with Gasteiger partial charge in [-0.25, -0.2) is 4.39 Å². The average Bonchev–Trinajstić information content (AvgIpc) is 3.46. The number of likely N-dealkylation sites (tertiary alicyclic amines) is 1. The molecule has 1 atom stereocenters. The Bertz CT molecular complexity index is 1100. The van der Waals surface area contributed by atoms with Gasteiger partial charge in [-0.05, 0) is 64.0 Å². The summed E-state index contributed by atoms with van der Waals surface area (Å²) in [5.41, 5.74) is 1.37. The summed E-state index contributed by atoms with van der Waals surface area (Å²) in [5.74, 6) is -0.759. The Hall–Kier alpha value is -2.97. The van der Waals surface area contributed by atoms with Gasteiger partial charge in [-0.15, -0.1) is 11.3 Å². The maximum absolute atomic E-state index is 15.0. The molecule has 2 aromatic heterocycles. The number of nitrogens with one attached hydrogen (secondary N) is 1. The van der Waals surface area contributed by atoms with Gasteiger partial charge in [0.25, 0.3) is 5.91 Å². The SMILES string of the molecule is CCOC(=O)C1CCN([C@@H](c2ccccc2F)c2cc(C)sc2NC(=O)c2ccco2)CC1. The van der Waals surface area contributed by atoms with E-state index >= 15 is 4.39 Å². The Kier molecular flexibility index (Phi) is 7.25. The Labute approximate surface area is 196 Å². The van der Waals surface area contributed by atoms with Gasteiger partial charge in [-0.1, -0.05) is 18.2 Å². The molecule has 0 radical (unpaired) electrons. The molecule has 0 spiro atoms. The largest absolute Gasteiger partial charge is 0.466 e. The Morgan fingerprint density at radius 1 is 1.21 bits per heavy atom. The second kappa shape index (κ2) is 10.3. The minimum Gasteiger partial charge on any atom is -0.466 e. The molecule has 0 saturated carbocycles. The number of carbonyl (C=O) groups is 2. The van der Waals surface area contributed by atoms with Crippen molar-refractivity contribution in [3.05, 3.63) is 76.3 Å². The molecule has 3 heterocycles. The monoisotopic (exact) mass is 470 g/mol. The van der Waals surface area contributed by atoms with Crippen LogP contribution in [0, 0.1) is 18.7 Å². The molecule has 0 unspecified atom stereocenters. The molecule has 0 aliphatic carbocycles. The summed E-state index contributed by atoms with van der Waals surface area (Å²) in [7, 11) is 0. The molecule has 1 saturated heterocycles. The van der Waals surface area contributed by atoms with Gasteiger partial charge < -0.3 is 14.5 Å². The molecule has 1 aliphatic rings. The number of benzene rings is 1. The van der Waals surface area contributed by atoms with Crippen molar-refractivity contribution in [2.24, 2.45) is 5.92 Å². The molecule has 1 fully saturated rings. The number of rotatable bonds is 7. The van der Waals surface area contributed by atoms with E-state index in [4.69, 9.17) is 9.15 Å². The molecule has 1 aliphatic heterocycles. The lowest BCUT2D eigenvalue weighted by Crippen LogP contribution is -2.40. The fraction of sp³-hybridized carbons (Fsp3) is 0.360. The van der Waals surface area contributed by atoms with E-state index in [0.29, 0.717) is 43.1 Å². The number of carbonyl (C=O) groups excluding carboxylic acids is 2. The Balaban J connectivity index is 1.65. The lowest BCUT2D eigenvalue weighted by atomic mass is 9.91. The zero-order chi connectivity index (χ0) is 23.4. The van der Waals surface area contributed by atoms with E-state index in [1.807, 2.05) is 19.1 Å². The number of ether oxygens (including phenoxy) is 1. The topological polar surface area (TPSA) is 71.8 Å². The van der Waals surface area contributed by atoms with E-state index in [1.165, 1.54) is 23.7 Å². The van der Waals surface area contributed by atoms with Crippen LogP contribution in [0.25, 0.3) is 0 Å². The molecule has 3 aromatic rings. The van der Waals surface area contributed by atoms with E-state index in [0.717, 1.165) is 10.4 Å². The molecule has 1 N–H and O–H groups in total. The number of esters is 1. The predicted molar refractivity (Wildman–Crippen MR) is 125 cm³/mol. The van der Waals surface area contributed by atoms with Gasteiger partial charge in [0, 0.05) is 16.0 Å². The van der Waals surface area contributed by atoms with Crippen LogP contribution in [0.4, 0.5) is 9.39 Å². The molecule has 4 rings (SSSR count). The quantitative estimate of drug-likeness (QED) is 0.468. The molecule has 33 heavy (non-hydrogen) atoms. The van der Waals surface area contributed by atoms with Crippen molar-refractivity contribution in [2.45, 2.75) is 32.7 Å². The number of amides is 1. The molecule has 1 amide bonds. The lowest BCUT2D eigenvalue weighted by Gasteiger charge is -2.37. The normalized spacial score (nSPS) is 15.8. The lowest BCUT2D eigenvalue weighted by molar-refractivity contribution is -0.149. The van der Waals surface area contributed by atoms with E-state index in [-0.39, 0.29) is 29.4 Å². The van der Waals surface area contributed by atoms with Crippen molar-refractivity contribution >= 4 is 28.2 Å². The minimum absolute atomic E-state index is 0.148. The van der Waals surface area contributed by atoms with Crippen molar-refractivity contribution in [3.8, 4) is 0 Å². The molecular weight excluding hydrogens is 443 g/mol.